The zero-order chi connectivity index (χ0) is 19.0. The number of fused-ring (bicyclic) bond motifs is 5. The van der Waals surface area contributed by atoms with Crippen LogP contribution in [0.2, 0.25) is 0 Å². The molecule has 4 nitrogen and oxygen atoms in total. The van der Waals surface area contributed by atoms with Crippen molar-refractivity contribution in [2.75, 3.05) is 6.61 Å². The monoisotopic (exact) mass is 426 g/mol. The summed E-state index contributed by atoms with van der Waals surface area (Å²) in [6.07, 6.45) is 9.21. The quantitative estimate of drug-likeness (QED) is 0.404. The maximum Gasteiger partial charge on any atom is 0.0984 e. The highest BCUT2D eigenvalue weighted by Gasteiger charge is 2.73. The maximum absolute atomic E-state index is 11.4. The fourth-order valence-corrected chi connectivity index (χ4v) is 8.17. The van der Waals surface area contributed by atoms with Gasteiger partial charge in [-0.2, -0.15) is 0 Å². The highest BCUT2D eigenvalue weighted by Crippen LogP contribution is 2.71. The molecule has 0 aromatic rings. The number of hydrogen-bond acceptors (Lipinski definition) is 4. The second kappa shape index (κ2) is 5.90. The van der Waals surface area contributed by atoms with Crippen LogP contribution in [0, 0.1) is 22.7 Å². The predicted octanol–water partition coefficient (Wildman–Crippen LogP) is 2.69. The van der Waals surface area contributed by atoms with Crippen molar-refractivity contribution in [1.29, 1.82) is 0 Å². The smallest absolute Gasteiger partial charge is 0.0984 e. The van der Waals surface area contributed by atoms with E-state index in [2.05, 4.69) is 41.1 Å². The lowest BCUT2D eigenvalue weighted by atomic mass is 9.46. The minimum Gasteiger partial charge on any atom is -0.396 e. The fourth-order valence-electron chi connectivity index (χ4n) is 7.07. The highest BCUT2D eigenvalue weighted by atomic mass is 79.9. The summed E-state index contributed by atoms with van der Waals surface area (Å²) in [5, 5.41) is 43.0. The molecule has 0 saturated heterocycles. The molecule has 0 aromatic carbocycles. The van der Waals surface area contributed by atoms with Crippen molar-refractivity contribution in [3.05, 3.63) is 23.8 Å². The van der Waals surface area contributed by atoms with E-state index in [1.165, 1.54) is 5.57 Å². The van der Waals surface area contributed by atoms with Gasteiger partial charge in [-0.05, 0) is 43.9 Å². The van der Waals surface area contributed by atoms with Crippen LogP contribution in [-0.4, -0.2) is 49.2 Å². The average molecular weight is 427 g/mol. The van der Waals surface area contributed by atoms with Gasteiger partial charge < -0.3 is 20.4 Å². The predicted molar refractivity (Wildman–Crippen MR) is 104 cm³/mol. The topological polar surface area (TPSA) is 80.9 Å². The number of halogens is 1. The van der Waals surface area contributed by atoms with Crippen LogP contribution in [-0.2, 0) is 0 Å². The molecule has 3 saturated carbocycles. The van der Waals surface area contributed by atoms with Gasteiger partial charge in [0, 0.05) is 23.9 Å². The second-order valence-corrected chi connectivity index (χ2v) is 10.7. The first-order chi connectivity index (χ1) is 12.1. The summed E-state index contributed by atoms with van der Waals surface area (Å²) >= 11 is 4.04. The van der Waals surface area contributed by atoms with E-state index in [1.54, 1.807) is 0 Å². The Hall–Kier alpha value is -0.200. The highest BCUT2D eigenvalue weighted by molar-refractivity contribution is 9.10. The van der Waals surface area contributed by atoms with E-state index < -0.39 is 27.5 Å². The second-order valence-electron chi connectivity index (χ2n) is 9.38. The van der Waals surface area contributed by atoms with Crippen molar-refractivity contribution < 1.29 is 20.4 Å². The summed E-state index contributed by atoms with van der Waals surface area (Å²) in [7, 11) is 0. The summed E-state index contributed by atoms with van der Waals surface area (Å²) in [5.41, 5.74) is -0.814. The van der Waals surface area contributed by atoms with Gasteiger partial charge >= 0.3 is 0 Å². The Bertz CT molecular complexity index is 662. The molecule has 4 N–H and O–H groups in total. The third-order valence-electron chi connectivity index (χ3n) is 8.60. The van der Waals surface area contributed by atoms with Crippen LogP contribution in [0.5, 0.6) is 0 Å². The molecular formula is C21H31BrO4. The van der Waals surface area contributed by atoms with E-state index in [1.807, 2.05) is 6.92 Å². The summed E-state index contributed by atoms with van der Waals surface area (Å²) in [6, 6.07) is 0. The molecule has 0 aliphatic heterocycles. The molecule has 0 aromatic heterocycles. The van der Waals surface area contributed by atoms with Gasteiger partial charge in [-0.1, -0.05) is 53.6 Å². The van der Waals surface area contributed by atoms with Gasteiger partial charge in [0.05, 0.1) is 22.1 Å². The summed E-state index contributed by atoms with van der Waals surface area (Å²) in [5.74, 6) is 0.258. The van der Waals surface area contributed by atoms with Crippen molar-refractivity contribution in [1.82, 2.24) is 0 Å². The minimum atomic E-state index is -1.35. The molecule has 4 aliphatic rings. The Kier molecular flexibility index (Phi) is 4.34. The molecule has 5 heteroatoms. The lowest BCUT2D eigenvalue weighted by molar-refractivity contribution is -0.177. The van der Waals surface area contributed by atoms with Gasteiger partial charge in [-0.25, -0.2) is 0 Å². The Morgan fingerprint density at radius 1 is 1.19 bits per heavy atom. The molecule has 8 atom stereocenters. The Balaban J connectivity index is 1.81. The van der Waals surface area contributed by atoms with E-state index in [0.29, 0.717) is 12.8 Å². The number of hydrogen-bond donors (Lipinski definition) is 4. The maximum atomic E-state index is 11.4. The summed E-state index contributed by atoms with van der Waals surface area (Å²) in [6.45, 7) is 4.06. The van der Waals surface area contributed by atoms with Crippen LogP contribution in [0.3, 0.4) is 0 Å². The lowest BCUT2D eigenvalue weighted by Gasteiger charge is -2.64. The van der Waals surface area contributed by atoms with Gasteiger partial charge in [0.15, 0.2) is 0 Å². The van der Waals surface area contributed by atoms with Gasteiger partial charge in [-0.3, -0.25) is 0 Å². The van der Waals surface area contributed by atoms with Crippen LogP contribution in [0.1, 0.15) is 52.4 Å². The first kappa shape index (κ1) is 19.1. The number of aliphatic hydroxyl groups is 4. The number of rotatable bonds is 2. The molecule has 0 unspecified atom stereocenters. The van der Waals surface area contributed by atoms with Crippen molar-refractivity contribution in [2.24, 2.45) is 22.7 Å². The van der Waals surface area contributed by atoms with Crippen LogP contribution < -0.4 is 0 Å². The zero-order valence-electron chi connectivity index (χ0n) is 15.7. The van der Waals surface area contributed by atoms with Crippen molar-refractivity contribution in [3.63, 3.8) is 0 Å². The summed E-state index contributed by atoms with van der Waals surface area (Å²) < 4.78 is -0.491. The van der Waals surface area contributed by atoms with Crippen LogP contribution in [0.25, 0.3) is 0 Å². The first-order valence-electron chi connectivity index (χ1n) is 9.90. The third kappa shape index (κ3) is 2.04. The minimum absolute atomic E-state index is 0.102. The van der Waals surface area contributed by atoms with E-state index in [9.17, 15) is 20.4 Å². The Labute approximate surface area is 164 Å². The van der Waals surface area contributed by atoms with Crippen LogP contribution >= 0.6 is 15.9 Å². The lowest BCUT2D eigenvalue weighted by Crippen LogP contribution is -2.67. The number of allylic oxidation sites excluding steroid dienone is 4. The first-order valence-corrected chi connectivity index (χ1v) is 10.7. The van der Waals surface area contributed by atoms with Gasteiger partial charge in [-0.15, -0.1) is 0 Å². The molecule has 26 heavy (non-hydrogen) atoms. The van der Waals surface area contributed by atoms with Crippen molar-refractivity contribution >= 4 is 15.9 Å². The fraction of sp³-hybridized carbons (Fsp3) is 0.810. The third-order valence-corrected chi connectivity index (χ3v) is 10.5. The molecule has 146 valence electrons. The molecule has 0 bridgehead atoms. The molecule has 4 aliphatic carbocycles. The molecule has 4 rings (SSSR count). The largest absolute Gasteiger partial charge is 0.396 e. The number of aliphatic hydroxyl groups excluding tert-OH is 3. The van der Waals surface area contributed by atoms with Crippen molar-refractivity contribution in [3.8, 4) is 0 Å². The van der Waals surface area contributed by atoms with Crippen LogP contribution in [0.4, 0.5) is 0 Å². The standard InChI is InChI=1S/C21H31BrO4/c1-18-8-4-3-5-13(18)6-7-14-15-11-16(24)20(26,9-10-23)19(15,2)12-17(25)21(14,18)22/h4-5,8,14-17,23-26H,3,6-7,9-12H2,1-2H3/t14-,15-,16+,17-,18-,19-,20+,21-/m0/s1. The zero-order valence-corrected chi connectivity index (χ0v) is 17.2. The number of alkyl halides is 1. The molecular weight excluding hydrogens is 396 g/mol. The van der Waals surface area contributed by atoms with E-state index in [0.717, 1.165) is 19.3 Å². The Morgan fingerprint density at radius 2 is 1.92 bits per heavy atom. The van der Waals surface area contributed by atoms with E-state index in [4.69, 9.17) is 0 Å². The normalized spacial score (nSPS) is 55.7. The summed E-state index contributed by atoms with van der Waals surface area (Å²) in [4.78, 5) is 0. The molecule has 0 radical (unpaired) electrons. The van der Waals surface area contributed by atoms with Gasteiger partial charge in [0.25, 0.3) is 0 Å². The molecule has 0 amide bonds. The van der Waals surface area contributed by atoms with Crippen LogP contribution in [0.15, 0.2) is 23.8 Å². The van der Waals surface area contributed by atoms with E-state index >= 15 is 0 Å². The average Bonchev–Trinajstić information content (AvgIpc) is 2.77. The van der Waals surface area contributed by atoms with Crippen molar-refractivity contribution in [2.45, 2.75) is 74.5 Å². The molecule has 3 fully saturated rings. The van der Waals surface area contributed by atoms with Gasteiger partial charge in [0.2, 0.25) is 0 Å². The molecule has 0 spiro atoms. The Morgan fingerprint density at radius 3 is 2.62 bits per heavy atom. The SMILES string of the molecule is C[C@]12C=CCC=C1CC[C@H]1[C@@H]3C[C@@H](O)[C@](O)(CCO)[C@@]3(C)C[C@H](O)[C@@]12Br. The molecule has 0 heterocycles. The van der Waals surface area contributed by atoms with Gasteiger partial charge in [0.1, 0.15) is 0 Å². The van der Waals surface area contributed by atoms with E-state index in [-0.39, 0.29) is 30.3 Å².